The Morgan fingerprint density at radius 3 is 2.17 bits per heavy atom. The first kappa shape index (κ1) is 11.2. The maximum atomic E-state index is 11.5. The summed E-state index contributed by atoms with van der Waals surface area (Å²) in [7, 11) is 3.87. The van der Waals surface area contributed by atoms with E-state index in [-0.39, 0.29) is 11.7 Å². The minimum Gasteiger partial charge on any atom is -0.383 e. The van der Waals surface area contributed by atoms with Crippen molar-refractivity contribution in [1.29, 1.82) is 0 Å². The normalized spacial score (nSPS) is 12.0. The van der Waals surface area contributed by atoms with E-state index in [0.29, 0.717) is 0 Å². The molecule has 0 aromatic rings. The Labute approximate surface area is 75.3 Å². The SMILES string of the molecule is CC/C(=C/N(C)C)C(=O)C(C)C. The molecule has 0 unspecified atom stereocenters. The van der Waals surface area contributed by atoms with Crippen molar-refractivity contribution in [3.8, 4) is 0 Å². The Morgan fingerprint density at radius 2 is 1.92 bits per heavy atom. The van der Waals surface area contributed by atoms with Crippen molar-refractivity contribution >= 4 is 5.78 Å². The van der Waals surface area contributed by atoms with Crippen LogP contribution in [-0.4, -0.2) is 24.8 Å². The second kappa shape index (κ2) is 4.96. The van der Waals surface area contributed by atoms with Gasteiger partial charge in [0, 0.05) is 31.8 Å². The van der Waals surface area contributed by atoms with E-state index in [1.807, 2.05) is 46.0 Å². The van der Waals surface area contributed by atoms with Gasteiger partial charge in [0.2, 0.25) is 0 Å². The van der Waals surface area contributed by atoms with E-state index in [1.165, 1.54) is 0 Å². The fourth-order valence-corrected chi connectivity index (χ4v) is 1.01. The maximum Gasteiger partial charge on any atom is 0.162 e. The van der Waals surface area contributed by atoms with Gasteiger partial charge in [-0.05, 0) is 6.42 Å². The largest absolute Gasteiger partial charge is 0.383 e. The Kier molecular flexibility index (Phi) is 4.64. The quantitative estimate of drug-likeness (QED) is 0.600. The molecule has 70 valence electrons. The van der Waals surface area contributed by atoms with E-state index < -0.39 is 0 Å². The summed E-state index contributed by atoms with van der Waals surface area (Å²) in [5.41, 5.74) is 0.912. The van der Waals surface area contributed by atoms with Crippen molar-refractivity contribution in [1.82, 2.24) is 4.90 Å². The molecule has 0 heterocycles. The lowest BCUT2D eigenvalue weighted by atomic mass is 10.00. The van der Waals surface area contributed by atoms with Gasteiger partial charge in [0.05, 0.1) is 0 Å². The summed E-state index contributed by atoms with van der Waals surface area (Å²) in [6.07, 6.45) is 2.72. The van der Waals surface area contributed by atoms with Crippen molar-refractivity contribution in [3.63, 3.8) is 0 Å². The summed E-state index contributed by atoms with van der Waals surface area (Å²) >= 11 is 0. The second-order valence-electron chi connectivity index (χ2n) is 3.49. The van der Waals surface area contributed by atoms with Gasteiger partial charge < -0.3 is 4.90 Å². The van der Waals surface area contributed by atoms with Gasteiger partial charge >= 0.3 is 0 Å². The summed E-state index contributed by atoms with van der Waals surface area (Å²) < 4.78 is 0. The summed E-state index contributed by atoms with van der Waals surface area (Å²) in [5.74, 6) is 0.363. The van der Waals surface area contributed by atoms with Crippen molar-refractivity contribution < 1.29 is 4.79 Å². The van der Waals surface area contributed by atoms with Crippen LogP contribution in [0.4, 0.5) is 0 Å². The maximum absolute atomic E-state index is 11.5. The summed E-state index contributed by atoms with van der Waals surface area (Å²) in [6.45, 7) is 5.87. The van der Waals surface area contributed by atoms with Gasteiger partial charge in [0.15, 0.2) is 5.78 Å². The standard InChI is InChI=1S/C10H19NO/c1-6-9(7-11(4)5)10(12)8(2)3/h7-8H,6H2,1-5H3/b9-7-. The van der Waals surface area contributed by atoms with Crippen molar-refractivity contribution in [2.45, 2.75) is 27.2 Å². The molecule has 2 nitrogen and oxygen atoms in total. The molecule has 0 rings (SSSR count). The van der Waals surface area contributed by atoms with Gasteiger partial charge in [-0.15, -0.1) is 0 Å². The van der Waals surface area contributed by atoms with Crippen LogP contribution in [0.1, 0.15) is 27.2 Å². The molecule has 0 aliphatic carbocycles. The van der Waals surface area contributed by atoms with Gasteiger partial charge in [-0.3, -0.25) is 4.79 Å². The first-order valence-electron chi connectivity index (χ1n) is 4.40. The van der Waals surface area contributed by atoms with Crippen LogP contribution < -0.4 is 0 Å². The second-order valence-corrected chi connectivity index (χ2v) is 3.49. The topological polar surface area (TPSA) is 20.3 Å². The number of nitrogens with zero attached hydrogens (tertiary/aromatic N) is 1. The fourth-order valence-electron chi connectivity index (χ4n) is 1.01. The monoisotopic (exact) mass is 169 g/mol. The smallest absolute Gasteiger partial charge is 0.162 e. The molecule has 0 saturated heterocycles. The lowest BCUT2D eigenvalue weighted by Gasteiger charge is -2.11. The summed E-state index contributed by atoms with van der Waals surface area (Å²) in [6, 6.07) is 0. The van der Waals surface area contributed by atoms with Crippen molar-refractivity contribution in [2.75, 3.05) is 14.1 Å². The van der Waals surface area contributed by atoms with E-state index in [0.717, 1.165) is 12.0 Å². The molecule has 0 aliphatic rings. The molecule has 0 aromatic carbocycles. The predicted octanol–water partition coefficient (Wildman–Crippen LogP) is 2.07. The molecule has 0 amide bonds. The first-order chi connectivity index (χ1) is 5.49. The third-order valence-electron chi connectivity index (χ3n) is 1.64. The fraction of sp³-hybridized carbons (Fsp3) is 0.700. The van der Waals surface area contributed by atoms with Crippen LogP contribution in [0.15, 0.2) is 11.8 Å². The third kappa shape index (κ3) is 3.56. The van der Waals surface area contributed by atoms with E-state index >= 15 is 0 Å². The lowest BCUT2D eigenvalue weighted by Crippen LogP contribution is -2.13. The Bertz CT molecular complexity index is 180. The van der Waals surface area contributed by atoms with E-state index in [2.05, 4.69) is 0 Å². The molecular formula is C10H19NO. The minimum atomic E-state index is 0.108. The highest BCUT2D eigenvalue weighted by Gasteiger charge is 2.11. The van der Waals surface area contributed by atoms with E-state index in [9.17, 15) is 4.79 Å². The molecule has 0 aliphatic heterocycles. The number of hydrogen-bond acceptors (Lipinski definition) is 2. The molecule has 0 atom stereocenters. The highest BCUT2D eigenvalue weighted by atomic mass is 16.1. The van der Waals surface area contributed by atoms with Crippen LogP contribution >= 0.6 is 0 Å². The van der Waals surface area contributed by atoms with Crippen LogP contribution in [0.5, 0.6) is 0 Å². The van der Waals surface area contributed by atoms with Crippen LogP contribution in [0, 0.1) is 5.92 Å². The average Bonchev–Trinajstić information content (AvgIpc) is 1.98. The van der Waals surface area contributed by atoms with Crippen LogP contribution in [0.3, 0.4) is 0 Å². The number of Topliss-reactive ketones (excluding diaryl/α,β-unsaturated/α-hetero) is 1. The molecule has 12 heavy (non-hydrogen) atoms. The summed E-state index contributed by atoms with van der Waals surface area (Å²) in [5, 5.41) is 0. The zero-order valence-electron chi connectivity index (χ0n) is 8.72. The molecule has 0 radical (unpaired) electrons. The Hall–Kier alpha value is -0.790. The molecule has 0 saturated carbocycles. The van der Waals surface area contributed by atoms with Crippen LogP contribution in [0.25, 0.3) is 0 Å². The van der Waals surface area contributed by atoms with E-state index in [1.54, 1.807) is 0 Å². The van der Waals surface area contributed by atoms with Gasteiger partial charge in [0.25, 0.3) is 0 Å². The molecule has 0 bridgehead atoms. The van der Waals surface area contributed by atoms with Crippen molar-refractivity contribution in [2.24, 2.45) is 5.92 Å². The number of ketones is 1. The average molecular weight is 169 g/mol. The number of carbonyl (C=O) groups is 1. The zero-order chi connectivity index (χ0) is 9.72. The van der Waals surface area contributed by atoms with Gasteiger partial charge in [-0.25, -0.2) is 0 Å². The predicted molar refractivity (Wildman–Crippen MR) is 51.9 cm³/mol. The zero-order valence-corrected chi connectivity index (χ0v) is 8.72. The van der Waals surface area contributed by atoms with Crippen LogP contribution in [-0.2, 0) is 4.79 Å². The molecule has 0 spiro atoms. The molecule has 0 N–H and O–H groups in total. The number of carbonyl (C=O) groups excluding carboxylic acids is 1. The molecule has 2 heteroatoms. The number of hydrogen-bond donors (Lipinski definition) is 0. The summed E-state index contributed by atoms with van der Waals surface area (Å²) in [4.78, 5) is 13.4. The molecule has 0 fully saturated rings. The first-order valence-corrected chi connectivity index (χ1v) is 4.40. The van der Waals surface area contributed by atoms with Gasteiger partial charge in [-0.2, -0.15) is 0 Å². The molecule has 0 aromatic heterocycles. The van der Waals surface area contributed by atoms with E-state index in [4.69, 9.17) is 0 Å². The Balaban J connectivity index is 4.45. The Morgan fingerprint density at radius 1 is 1.42 bits per heavy atom. The molecular weight excluding hydrogens is 150 g/mol. The van der Waals surface area contributed by atoms with Crippen molar-refractivity contribution in [3.05, 3.63) is 11.8 Å². The lowest BCUT2D eigenvalue weighted by molar-refractivity contribution is -0.118. The van der Waals surface area contributed by atoms with Gasteiger partial charge in [-0.1, -0.05) is 20.8 Å². The minimum absolute atomic E-state index is 0.108. The number of allylic oxidation sites excluding steroid dienone is 1. The third-order valence-corrected chi connectivity index (χ3v) is 1.64. The van der Waals surface area contributed by atoms with Crippen LogP contribution in [0.2, 0.25) is 0 Å². The number of rotatable bonds is 4. The van der Waals surface area contributed by atoms with Gasteiger partial charge in [0.1, 0.15) is 0 Å². The highest BCUT2D eigenvalue weighted by Crippen LogP contribution is 2.09. The highest BCUT2D eigenvalue weighted by molar-refractivity contribution is 5.96.